The first kappa shape index (κ1) is 45.5. The molecule has 0 amide bonds. The summed E-state index contributed by atoms with van der Waals surface area (Å²) < 4.78 is 7.02. The van der Waals surface area contributed by atoms with E-state index in [1.54, 1.807) is 0 Å². The fraction of sp³-hybridized carbons (Fsp3) is 0.881. The van der Waals surface area contributed by atoms with Gasteiger partial charge in [0.15, 0.2) is 0 Å². The first-order valence-corrected chi connectivity index (χ1v) is 20.1. The van der Waals surface area contributed by atoms with E-state index in [2.05, 4.69) is 63.6 Å². The number of unbranched alkanes of at least 4 members (excludes halogenated alkanes) is 20. The van der Waals surface area contributed by atoms with E-state index in [1.165, 1.54) is 193 Å². The second kappa shape index (κ2) is 34.3. The van der Waals surface area contributed by atoms with Gasteiger partial charge in [0.2, 0.25) is 0 Å². The van der Waals surface area contributed by atoms with E-state index in [-0.39, 0.29) is 36.7 Å². The average Bonchev–Trinajstić information content (AvgIpc) is 3.01. The molecule has 1 fully saturated rings. The smallest absolute Gasteiger partial charge is 0.0418 e. The van der Waals surface area contributed by atoms with E-state index in [0.717, 1.165) is 6.42 Å². The molecule has 0 aromatic carbocycles. The third-order valence-corrected chi connectivity index (χ3v) is 9.78. The van der Waals surface area contributed by atoms with Crippen molar-refractivity contribution < 1.29 is 35.9 Å². The van der Waals surface area contributed by atoms with Gasteiger partial charge >= 0.3 is 0 Å². The van der Waals surface area contributed by atoms with Crippen molar-refractivity contribution in [3.05, 3.63) is 30.7 Å². The predicted molar refractivity (Wildman–Crippen MR) is 199 cm³/mol. The molecule has 1 unspecified atom stereocenters. The van der Waals surface area contributed by atoms with Crippen LogP contribution in [0.3, 0.4) is 0 Å². The number of hydrogen-bond acceptors (Lipinski definition) is 2. The molecule has 0 bridgehead atoms. The van der Waals surface area contributed by atoms with Gasteiger partial charge in [-0.1, -0.05) is 141 Å². The van der Waals surface area contributed by atoms with Gasteiger partial charge in [0, 0.05) is 42.8 Å². The van der Waals surface area contributed by atoms with Crippen LogP contribution in [0.4, 0.5) is 0 Å². The van der Waals surface area contributed by atoms with Crippen LogP contribution in [0.1, 0.15) is 206 Å². The topological polar surface area (TPSA) is 12.5 Å². The molecule has 1 atom stereocenters. The Bertz CT molecular complexity index is 607. The fourth-order valence-electron chi connectivity index (χ4n) is 6.92. The van der Waals surface area contributed by atoms with Crippen molar-refractivity contribution in [3.8, 4) is 0 Å². The standard InChI is InChI=1S/C42H80NO.U/c1-5-7-9-11-13-15-17-19-21-23-25-27-29-31-37-42(39-33-35-41(44-42)36-34-40-43(3)4)38-32-30-28-26-24-22-20-18-16-14-12-10-8-6-2;/h15-18,33,41H,5-14,19-32,34-40H2,1-4H3;/q-1;/b17-15-,18-16-;. The average molecular weight is 853 g/mol. The molecule has 0 spiro atoms. The van der Waals surface area contributed by atoms with Crippen LogP contribution in [-0.2, 0) is 4.74 Å². The second-order valence-electron chi connectivity index (χ2n) is 14.6. The van der Waals surface area contributed by atoms with Crippen LogP contribution < -0.4 is 0 Å². The summed E-state index contributed by atoms with van der Waals surface area (Å²) >= 11 is 0. The molecule has 0 N–H and O–H groups in total. The Balaban J connectivity index is 0.0000194. The number of hydrogen-bond donors (Lipinski definition) is 0. The van der Waals surface area contributed by atoms with Gasteiger partial charge in [-0.2, -0.15) is 6.42 Å². The predicted octanol–water partition coefficient (Wildman–Crippen LogP) is 13.7. The molecule has 1 aliphatic heterocycles. The van der Waals surface area contributed by atoms with Gasteiger partial charge in [0.25, 0.3) is 0 Å². The van der Waals surface area contributed by atoms with Crippen LogP contribution in [-0.4, -0.2) is 37.2 Å². The van der Waals surface area contributed by atoms with E-state index in [1.807, 2.05) is 0 Å². The minimum atomic E-state index is 0. The third-order valence-electron chi connectivity index (χ3n) is 9.78. The SMILES string of the molecule is CCCCCC/C=C\CCCCCCCCC1(CCCCCCCC/C=C\CCCCCC)C[CH-]CC(CCCN(C)C)O1.[U]. The van der Waals surface area contributed by atoms with E-state index in [0.29, 0.717) is 6.10 Å². The summed E-state index contributed by atoms with van der Waals surface area (Å²) in [6, 6.07) is 0. The summed E-state index contributed by atoms with van der Waals surface area (Å²) in [5, 5.41) is 0. The Hall–Kier alpha value is 0.452. The van der Waals surface area contributed by atoms with E-state index in [4.69, 9.17) is 4.74 Å². The zero-order valence-electron chi connectivity index (χ0n) is 31.2. The van der Waals surface area contributed by atoms with Gasteiger partial charge in [-0.25, -0.2) is 0 Å². The van der Waals surface area contributed by atoms with Crippen LogP contribution >= 0.6 is 0 Å². The maximum atomic E-state index is 7.02. The third kappa shape index (κ3) is 29.1. The molecule has 1 saturated heterocycles. The molecular weight excluding hydrogens is 772 g/mol. The number of ether oxygens (including phenoxy) is 1. The van der Waals surface area contributed by atoms with Crippen molar-refractivity contribution in [3.63, 3.8) is 0 Å². The van der Waals surface area contributed by atoms with Gasteiger partial charge < -0.3 is 16.1 Å². The molecule has 1 aliphatic rings. The molecule has 264 valence electrons. The Morgan fingerprint density at radius 1 is 0.578 bits per heavy atom. The van der Waals surface area contributed by atoms with E-state index >= 15 is 0 Å². The molecule has 0 aliphatic carbocycles. The van der Waals surface area contributed by atoms with Gasteiger partial charge in [0.1, 0.15) is 0 Å². The van der Waals surface area contributed by atoms with Crippen molar-refractivity contribution in [1.82, 2.24) is 4.90 Å². The number of allylic oxidation sites excluding steroid dienone is 4. The number of rotatable bonds is 32. The van der Waals surface area contributed by atoms with E-state index < -0.39 is 0 Å². The van der Waals surface area contributed by atoms with Crippen molar-refractivity contribution >= 4 is 0 Å². The Morgan fingerprint density at radius 3 is 1.40 bits per heavy atom. The zero-order valence-corrected chi connectivity index (χ0v) is 35.4. The van der Waals surface area contributed by atoms with Crippen LogP contribution in [0.15, 0.2) is 24.3 Å². The molecule has 0 radical (unpaired) electrons. The summed E-state index contributed by atoms with van der Waals surface area (Å²) in [5.41, 5.74) is 0.130. The van der Waals surface area contributed by atoms with Gasteiger partial charge in [-0.3, -0.25) is 0 Å². The van der Waals surface area contributed by atoms with Gasteiger partial charge in [-0.05, 0) is 97.7 Å². The molecule has 0 aromatic heterocycles. The minimum Gasteiger partial charge on any atom is -0.377 e. The maximum absolute atomic E-state index is 7.02. The quantitative estimate of drug-likeness (QED) is 0.0380. The summed E-state index contributed by atoms with van der Waals surface area (Å²) in [5.74, 6) is 0. The molecular formula is C42H80NOU-. The summed E-state index contributed by atoms with van der Waals surface area (Å²) in [7, 11) is 4.38. The molecule has 0 saturated carbocycles. The Morgan fingerprint density at radius 2 is 0.978 bits per heavy atom. The van der Waals surface area contributed by atoms with Crippen molar-refractivity contribution in [2.24, 2.45) is 0 Å². The fourth-order valence-corrected chi connectivity index (χ4v) is 6.92. The summed E-state index contributed by atoms with van der Waals surface area (Å²) in [4.78, 5) is 2.32. The Labute approximate surface area is 308 Å². The summed E-state index contributed by atoms with van der Waals surface area (Å²) in [6.45, 7) is 5.76. The van der Waals surface area contributed by atoms with Crippen molar-refractivity contribution in [2.75, 3.05) is 20.6 Å². The van der Waals surface area contributed by atoms with Gasteiger partial charge in [-0.15, -0.1) is 6.42 Å². The van der Waals surface area contributed by atoms with Crippen molar-refractivity contribution in [1.29, 1.82) is 0 Å². The van der Waals surface area contributed by atoms with Crippen molar-refractivity contribution in [2.45, 2.75) is 218 Å². The van der Waals surface area contributed by atoms with Crippen LogP contribution in [0.5, 0.6) is 0 Å². The molecule has 1 rings (SSSR count). The minimum absolute atomic E-state index is 0. The molecule has 45 heavy (non-hydrogen) atoms. The number of nitrogens with zero attached hydrogens (tertiary/aromatic N) is 1. The van der Waals surface area contributed by atoms with Crippen LogP contribution in [0.25, 0.3) is 0 Å². The molecule has 2 nitrogen and oxygen atoms in total. The molecule has 3 heteroatoms. The molecule has 1 heterocycles. The molecule has 0 aromatic rings. The zero-order chi connectivity index (χ0) is 31.8. The summed E-state index contributed by atoms with van der Waals surface area (Å²) in [6.07, 6.45) is 53.0. The maximum Gasteiger partial charge on any atom is 0.0418 e. The largest absolute Gasteiger partial charge is 0.377 e. The second-order valence-corrected chi connectivity index (χ2v) is 14.6. The van der Waals surface area contributed by atoms with Crippen LogP contribution in [0, 0.1) is 37.5 Å². The van der Waals surface area contributed by atoms with E-state index in [9.17, 15) is 0 Å². The van der Waals surface area contributed by atoms with Gasteiger partial charge in [0.05, 0.1) is 0 Å². The monoisotopic (exact) mass is 853 g/mol. The first-order chi connectivity index (χ1) is 21.6. The Kier molecular flexibility index (Phi) is 34.7. The van der Waals surface area contributed by atoms with Crippen LogP contribution in [0.2, 0.25) is 0 Å². The first-order valence-electron chi connectivity index (χ1n) is 20.1. The normalized spacial score (nSPS) is 16.7.